The smallest absolute Gasteiger partial charge is 0.310 e. The van der Waals surface area contributed by atoms with Crippen LogP contribution in [0.15, 0.2) is 0 Å². The van der Waals surface area contributed by atoms with Crippen molar-refractivity contribution in [2.24, 2.45) is 17.1 Å². The van der Waals surface area contributed by atoms with E-state index in [9.17, 15) is 4.79 Å². The fourth-order valence-corrected chi connectivity index (χ4v) is 1.12. The number of carbonyl (C=O) groups excluding carboxylic acids is 1. The summed E-state index contributed by atoms with van der Waals surface area (Å²) >= 11 is 0. The third-order valence-corrected chi connectivity index (χ3v) is 2.58. The van der Waals surface area contributed by atoms with Gasteiger partial charge in [-0.05, 0) is 5.41 Å². The normalized spacial score (nSPS) is 14.1. The molecule has 0 aliphatic rings. The number of nitrogens with two attached hydrogens (primary N) is 1. The second-order valence-corrected chi connectivity index (χ2v) is 3.65. The van der Waals surface area contributed by atoms with E-state index < -0.39 is 0 Å². The molecule has 0 saturated carbocycles. The van der Waals surface area contributed by atoms with E-state index in [1.54, 1.807) is 0 Å². The first-order valence-electron chi connectivity index (χ1n) is 4.27. The molecule has 0 radical (unpaired) electrons. The lowest BCUT2D eigenvalue weighted by Crippen LogP contribution is -2.37. The Bertz CT molecular complexity index is 155. The monoisotopic (exact) mass is 173 g/mol. The molecule has 0 aliphatic heterocycles. The maximum absolute atomic E-state index is 11.2. The first-order valence-corrected chi connectivity index (χ1v) is 4.27. The molecule has 3 nitrogen and oxygen atoms in total. The van der Waals surface area contributed by atoms with E-state index in [0.29, 0.717) is 6.54 Å². The molecule has 0 aromatic rings. The Balaban J connectivity index is 4.43. The van der Waals surface area contributed by atoms with Crippen molar-refractivity contribution in [3.63, 3.8) is 0 Å². The molecule has 0 amide bonds. The Labute approximate surface area is 74.3 Å². The molecule has 0 aromatic carbocycles. The molecule has 1 atom stereocenters. The maximum atomic E-state index is 11.2. The summed E-state index contributed by atoms with van der Waals surface area (Å²) in [7, 11) is 1.40. The largest absolute Gasteiger partial charge is 0.469 e. The van der Waals surface area contributed by atoms with Crippen molar-refractivity contribution in [3.05, 3.63) is 0 Å². The molecule has 0 aliphatic carbocycles. The molecular weight excluding hydrogens is 154 g/mol. The van der Waals surface area contributed by atoms with Gasteiger partial charge in [-0.1, -0.05) is 27.2 Å². The average molecular weight is 173 g/mol. The fourth-order valence-electron chi connectivity index (χ4n) is 1.12. The molecule has 3 heteroatoms. The summed E-state index contributed by atoms with van der Waals surface area (Å²) in [5.74, 6) is -0.392. The summed E-state index contributed by atoms with van der Waals surface area (Å²) in [6, 6.07) is 0. The van der Waals surface area contributed by atoms with Crippen LogP contribution in [0.1, 0.15) is 27.2 Å². The predicted molar refractivity (Wildman–Crippen MR) is 48.6 cm³/mol. The van der Waals surface area contributed by atoms with Crippen LogP contribution in [0.4, 0.5) is 0 Å². The number of esters is 1. The molecule has 0 saturated heterocycles. The number of ether oxygens (including phenoxy) is 1. The SMILES string of the molecule is CCC(C)(C)C(CN)C(=O)OC. The van der Waals surface area contributed by atoms with Crippen LogP contribution in [0.3, 0.4) is 0 Å². The van der Waals surface area contributed by atoms with Crippen molar-refractivity contribution >= 4 is 5.97 Å². The summed E-state index contributed by atoms with van der Waals surface area (Å²) < 4.78 is 4.67. The second-order valence-electron chi connectivity index (χ2n) is 3.65. The molecule has 1 unspecified atom stereocenters. The molecule has 2 N–H and O–H groups in total. The highest BCUT2D eigenvalue weighted by atomic mass is 16.5. The zero-order chi connectivity index (χ0) is 9.78. The molecule has 0 fully saturated rings. The van der Waals surface area contributed by atoms with Crippen LogP contribution in [-0.2, 0) is 9.53 Å². The van der Waals surface area contributed by atoms with Crippen LogP contribution < -0.4 is 5.73 Å². The zero-order valence-electron chi connectivity index (χ0n) is 8.39. The highest BCUT2D eigenvalue weighted by Crippen LogP contribution is 2.30. The summed E-state index contributed by atoms with van der Waals surface area (Å²) in [5, 5.41) is 0. The third-order valence-electron chi connectivity index (χ3n) is 2.58. The summed E-state index contributed by atoms with van der Waals surface area (Å²) in [6.07, 6.45) is 0.921. The van der Waals surface area contributed by atoms with Crippen LogP contribution in [-0.4, -0.2) is 19.6 Å². The number of hydrogen-bond donors (Lipinski definition) is 1. The highest BCUT2D eigenvalue weighted by Gasteiger charge is 2.33. The Morgan fingerprint density at radius 3 is 2.33 bits per heavy atom. The Hall–Kier alpha value is -0.570. The highest BCUT2D eigenvalue weighted by molar-refractivity contribution is 5.73. The van der Waals surface area contributed by atoms with Crippen LogP contribution >= 0.6 is 0 Å². The van der Waals surface area contributed by atoms with Gasteiger partial charge in [-0.2, -0.15) is 0 Å². The average Bonchev–Trinajstić information content (AvgIpc) is 2.05. The van der Waals surface area contributed by atoms with E-state index in [2.05, 4.69) is 4.74 Å². The second kappa shape index (κ2) is 4.45. The van der Waals surface area contributed by atoms with Gasteiger partial charge in [0.15, 0.2) is 0 Å². The zero-order valence-corrected chi connectivity index (χ0v) is 8.39. The van der Waals surface area contributed by atoms with Crippen LogP contribution in [0.25, 0.3) is 0 Å². The predicted octanol–water partition coefficient (Wildman–Crippen LogP) is 1.17. The Morgan fingerprint density at radius 2 is 2.08 bits per heavy atom. The lowest BCUT2D eigenvalue weighted by Gasteiger charge is -2.30. The fraction of sp³-hybridized carbons (Fsp3) is 0.889. The van der Waals surface area contributed by atoms with Gasteiger partial charge in [0.1, 0.15) is 0 Å². The van der Waals surface area contributed by atoms with Gasteiger partial charge in [-0.15, -0.1) is 0 Å². The van der Waals surface area contributed by atoms with Gasteiger partial charge in [0, 0.05) is 6.54 Å². The lowest BCUT2D eigenvalue weighted by molar-refractivity contribution is -0.149. The lowest BCUT2D eigenvalue weighted by atomic mass is 9.77. The maximum Gasteiger partial charge on any atom is 0.310 e. The molecule has 0 heterocycles. The van der Waals surface area contributed by atoms with Crippen LogP contribution in [0.2, 0.25) is 0 Å². The number of carbonyl (C=O) groups is 1. The van der Waals surface area contributed by atoms with Crippen molar-refractivity contribution in [3.8, 4) is 0 Å². The van der Waals surface area contributed by atoms with E-state index >= 15 is 0 Å². The topological polar surface area (TPSA) is 52.3 Å². The standard InChI is InChI=1S/C9H19NO2/c1-5-9(2,3)7(6-10)8(11)12-4/h7H,5-6,10H2,1-4H3. The molecule has 0 aromatic heterocycles. The first kappa shape index (κ1) is 11.4. The van der Waals surface area contributed by atoms with Crippen molar-refractivity contribution in [2.45, 2.75) is 27.2 Å². The van der Waals surface area contributed by atoms with Crippen molar-refractivity contribution in [2.75, 3.05) is 13.7 Å². The molecule has 0 bridgehead atoms. The van der Waals surface area contributed by atoms with Crippen molar-refractivity contribution < 1.29 is 9.53 Å². The minimum Gasteiger partial charge on any atom is -0.469 e. The molecular formula is C9H19NO2. The molecule has 72 valence electrons. The third kappa shape index (κ3) is 2.48. The summed E-state index contributed by atoms with van der Waals surface area (Å²) in [4.78, 5) is 11.2. The number of hydrogen-bond acceptors (Lipinski definition) is 3. The van der Waals surface area contributed by atoms with E-state index in [1.807, 2.05) is 20.8 Å². The van der Waals surface area contributed by atoms with E-state index in [1.165, 1.54) is 7.11 Å². The Kier molecular flexibility index (Phi) is 4.24. The van der Waals surface area contributed by atoms with E-state index in [-0.39, 0.29) is 17.3 Å². The molecule has 12 heavy (non-hydrogen) atoms. The van der Waals surface area contributed by atoms with Crippen molar-refractivity contribution in [1.82, 2.24) is 0 Å². The Morgan fingerprint density at radius 1 is 1.58 bits per heavy atom. The van der Waals surface area contributed by atoms with Gasteiger partial charge in [0.05, 0.1) is 13.0 Å². The molecule has 0 rings (SSSR count). The minimum atomic E-state index is -0.204. The van der Waals surface area contributed by atoms with E-state index in [0.717, 1.165) is 6.42 Å². The van der Waals surface area contributed by atoms with Gasteiger partial charge in [-0.3, -0.25) is 4.79 Å². The van der Waals surface area contributed by atoms with Gasteiger partial charge in [-0.25, -0.2) is 0 Å². The van der Waals surface area contributed by atoms with Gasteiger partial charge in [0.25, 0.3) is 0 Å². The quantitative estimate of drug-likeness (QED) is 0.649. The van der Waals surface area contributed by atoms with E-state index in [4.69, 9.17) is 5.73 Å². The summed E-state index contributed by atoms with van der Waals surface area (Å²) in [5.41, 5.74) is 5.44. The summed E-state index contributed by atoms with van der Waals surface area (Å²) in [6.45, 7) is 6.46. The van der Waals surface area contributed by atoms with Crippen LogP contribution in [0.5, 0.6) is 0 Å². The first-order chi connectivity index (χ1) is 5.49. The van der Waals surface area contributed by atoms with Gasteiger partial charge in [0.2, 0.25) is 0 Å². The number of rotatable bonds is 4. The van der Waals surface area contributed by atoms with Gasteiger partial charge < -0.3 is 10.5 Å². The number of methoxy groups -OCH3 is 1. The van der Waals surface area contributed by atoms with Crippen molar-refractivity contribution in [1.29, 1.82) is 0 Å². The molecule has 0 spiro atoms. The van der Waals surface area contributed by atoms with Gasteiger partial charge >= 0.3 is 5.97 Å². The minimum absolute atomic E-state index is 0.0676. The van der Waals surface area contributed by atoms with Crippen LogP contribution in [0, 0.1) is 11.3 Å².